The molecule has 5 aromatic carbocycles. The molecule has 0 amide bonds. The Bertz CT molecular complexity index is 2010. The summed E-state index contributed by atoms with van der Waals surface area (Å²) in [6.07, 6.45) is 5.62. The zero-order valence-electron chi connectivity index (χ0n) is 20.1. The molecule has 0 N–H and O–H groups in total. The van der Waals surface area contributed by atoms with Crippen LogP contribution in [0.4, 0.5) is 0 Å². The summed E-state index contributed by atoms with van der Waals surface area (Å²) < 4.78 is 15.1. The summed E-state index contributed by atoms with van der Waals surface area (Å²) in [4.78, 5) is 0.920. The lowest BCUT2D eigenvalue weighted by Crippen LogP contribution is -2.09. The van der Waals surface area contributed by atoms with E-state index in [1.54, 1.807) is 6.26 Å². The average Bonchev–Trinajstić information content (AvgIpc) is 3.37. The maximum absolute atomic E-state index is 12.7. The molecule has 174 valence electrons. The SMILES string of the molecule is CS(=O)c1ccc(C2CCC2)cc1-c1ccc2cc3c4cccc5c6ccccc6n(c3cc2c1)c54. The van der Waals surface area contributed by atoms with Crippen molar-refractivity contribution < 1.29 is 4.21 Å². The number of nitrogens with zero attached hydrogens (tertiary/aromatic N) is 1. The minimum Gasteiger partial charge on any atom is -0.308 e. The van der Waals surface area contributed by atoms with Crippen LogP contribution in [0.5, 0.6) is 0 Å². The lowest BCUT2D eigenvalue weighted by atomic mass is 9.79. The number of aromatic nitrogens is 1. The molecule has 2 heterocycles. The van der Waals surface area contributed by atoms with Gasteiger partial charge in [0.2, 0.25) is 0 Å². The highest BCUT2D eigenvalue weighted by Gasteiger charge is 2.22. The summed E-state index contributed by atoms with van der Waals surface area (Å²) in [5.74, 6) is 0.648. The average molecular weight is 484 g/mol. The van der Waals surface area contributed by atoms with E-state index in [-0.39, 0.29) is 0 Å². The molecule has 1 aliphatic rings. The fourth-order valence-electron chi connectivity index (χ4n) is 6.36. The van der Waals surface area contributed by atoms with Gasteiger partial charge in [-0.25, -0.2) is 0 Å². The molecule has 7 aromatic rings. The number of hydrogen-bond donors (Lipinski definition) is 0. The molecule has 2 nitrogen and oxygen atoms in total. The van der Waals surface area contributed by atoms with Gasteiger partial charge in [0.05, 0.1) is 27.3 Å². The van der Waals surface area contributed by atoms with Crippen molar-refractivity contribution in [2.24, 2.45) is 0 Å². The van der Waals surface area contributed by atoms with Gasteiger partial charge >= 0.3 is 0 Å². The molecule has 1 aliphatic carbocycles. The van der Waals surface area contributed by atoms with Crippen molar-refractivity contribution in [2.75, 3.05) is 6.26 Å². The Labute approximate surface area is 212 Å². The van der Waals surface area contributed by atoms with Gasteiger partial charge < -0.3 is 4.40 Å². The van der Waals surface area contributed by atoms with Crippen LogP contribution in [0, 0.1) is 0 Å². The molecule has 0 spiro atoms. The molecule has 2 aromatic heterocycles. The van der Waals surface area contributed by atoms with Crippen molar-refractivity contribution in [3.63, 3.8) is 0 Å². The third kappa shape index (κ3) is 2.75. The van der Waals surface area contributed by atoms with Gasteiger partial charge in [0, 0.05) is 32.7 Å². The topological polar surface area (TPSA) is 21.5 Å². The van der Waals surface area contributed by atoms with Crippen molar-refractivity contribution in [1.29, 1.82) is 0 Å². The van der Waals surface area contributed by atoms with Crippen molar-refractivity contribution in [2.45, 2.75) is 30.1 Å². The fourth-order valence-corrected chi connectivity index (χ4v) is 7.11. The molecule has 1 fully saturated rings. The molecular formula is C33H25NOS. The zero-order chi connectivity index (χ0) is 24.0. The minimum absolute atomic E-state index is 0.648. The van der Waals surface area contributed by atoms with E-state index < -0.39 is 10.8 Å². The Morgan fingerprint density at radius 1 is 0.722 bits per heavy atom. The van der Waals surface area contributed by atoms with Gasteiger partial charge in [-0.3, -0.25) is 4.21 Å². The molecule has 1 saturated carbocycles. The summed E-state index contributed by atoms with van der Waals surface area (Å²) >= 11 is 0. The van der Waals surface area contributed by atoms with Gasteiger partial charge in [-0.1, -0.05) is 61.0 Å². The molecule has 36 heavy (non-hydrogen) atoms. The standard InChI is InChI=1S/C33H25NOS/c1-36(35)32-15-14-21(20-6-4-7-20)17-28(32)23-13-12-22-18-29-27-10-5-9-26-25-8-2-3-11-30(25)34(33(26)27)31(29)19-24(22)16-23/h2-3,5,8-20H,4,6-7H2,1H3. The van der Waals surface area contributed by atoms with Crippen LogP contribution in [0.3, 0.4) is 0 Å². The van der Waals surface area contributed by atoms with Crippen LogP contribution in [0.1, 0.15) is 30.7 Å². The number of benzene rings is 5. The number of fused-ring (bicyclic) bond motifs is 7. The lowest BCUT2D eigenvalue weighted by molar-refractivity contribution is 0.419. The van der Waals surface area contributed by atoms with E-state index in [0.29, 0.717) is 5.92 Å². The van der Waals surface area contributed by atoms with Gasteiger partial charge in [-0.2, -0.15) is 0 Å². The molecule has 3 heteroatoms. The Hall–Kier alpha value is -3.69. The van der Waals surface area contributed by atoms with Crippen molar-refractivity contribution >= 4 is 59.7 Å². The van der Waals surface area contributed by atoms with Crippen LogP contribution in [0.25, 0.3) is 60.0 Å². The molecule has 1 unspecified atom stereocenters. The Balaban J connectivity index is 1.41. The largest absolute Gasteiger partial charge is 0.308 e. The first-order chi connectivity index (χ1) is 17.7. The van der Waals surface area contributed by atoms with Crippen LogP contribution in [0.15, 0.2) is 95.9 Å². The van der Waals surface area contributed by atoms with Gasteiger partial charge in [0.25, 0.3) is 0 Å². The normalized spacial score (nSPS) is 15.5. The molecule has 0 bridgehead atoms. The Morgan fingerprint density at radius 3 is 2.33 bits per heavy atom. The van der Waals surface area contributed by atoms with Crippen molar-refractivity contribution in [3.8, 4) is 11.1 Å². The number of rotatable bonds is 3. The smallest absolute Gasteiger partial charge is 0.0620 e. The highest BCUT2D eigenvalue weighted by atomic mass is 32.2. The van der Waals surface area contributed by atoms with E-state index in [4.69, 9.17) is 0 Å². The molecule has 8 rings (SSSR count). The van der Waals surface area contributed by atoms with E-state index in [0.717, 1.165) is 16.0 Å². The fraction of sp³-hybridized carbons (Fsp3) is 0.152. The summed E-state index contributed by atoms with van der Waals surface area (Å²) in [5, 5.41) is 7.67. The predicted molar refractivity (Wildman–Crippen MR) is 153 cm³/mol. The number of hydrogen-bond acceptors (Lipinski definition) is 1. The molecular weight excluding hydrogens is 458 g/mol. The monoisotopic (exact) mass is 483 g/mol. The second-order valence-corrected chi connectivity index (χ2v) is 11.7. The molecule has 0 saturated heterocycles. The lowest BCUT2D eigenvalue weighted by Gasteiger charge is -2.26. The predicted octanol–water partition coefficient (Wildman–Crippen LogP) is 8.66. The van der Waals surface area contributed by atoms with Crippen LogP contribution < -0.4 is 0 Å². The van der Waals surface area contributed by atoms with Crippen molar-refractivity contribution in [1.82, 2.24) is 4.40 Å². The highest BCUT2D eigenvalue weighted by Crippen LogP contribution is 2.42. The van der Waals surface area contributed by atoms with Gasteiger partial charge in [-0.05, 0) is 82.6 Å². The van der Waals surface area contributed by atoms with Crippen LogP contribution in [-0.2, 0) is 10.8 Å². The van der Waals surface area contributed by atoms with Crippen LogP contribution in [0.2, 0.25) is 0 Å². The molecule has 1 atom stereocenters. The third-order valence-corrected chi connectivity index (χ3v) is 9.36. The van der Waals surface area contributed by atoms with Gasteiger partial charge in [-0.15, -0.1) is 0 Å². The summed E-state index contributed by atoms with van der Waals surface area (Å²) in [6.45, 7) is 0. The highest BCUT2D eigenvalue weighted by molar-refractivity contribution is 7.84. The summed E-state index contributed by atoms with van der Waals surface area (Å²) in [5.41, 5.74) is 7.45. The third-order valence-electron chi connectivity index (χ3n) is 8.38. The maximum Gasteiger partial charge on any atom is 0.0620 e. The molecule has 0 radical (unpaired) electrons. The Morgan fingerprint density at radius 2 is 1.53 bits per heavy atom. The summed E-state index contributed by atoms with van der Waals surface area (Å²) in [7, 11) is -1.04. The van der Waals surface area contributed by atoms with Crippen LogP contribution >= 0.6 is 0 Å². The first-order valence-corrected chi connectivity index (χ1v) is 14.3. The quantitative estimate of drug-likeness (QED) is 0.246. The second-order valence-electron chi connectivity index (χ2n) is 10.3. The first kappa shape index (κ1) is 20.5. The van der Waals surface area contributed by atoms with Crippen molar-refractivity contribution in [3.05, 3.63) is 96.6 Å². The zero-order valence-corrected chi connectivity index (χ0v) is 20.9. The van der Waals surface area contributed by atoms with Gasteiger partial charge in [0.15, 0.2) is 0 Å². The van der Waals surface area contributed by atoms with E-state index in [1.807, 2.05) is 0 Å². The number of para-hydroxylation sites is 2. The first-order valence-electron chi connectivity index (χ1n) is 12.8. The van der Waals surface area contributed by atoms with E-state index in [9.17, 15) is 4.21 Å². The van der Waals surface area contributed by atoms with E-state index in [2.05, 4.69) is 95.4 Å². The van der Waals surface area contributed by atoms with Gasteiger partial charge in [0.1, 0.15) is 0 Å². The maximum atomic E-state index is 12.7. The second kappa shape index (κ2) is 7.41. The Kier molecular flexibility index (Phi) is 4.22. The van der Waals surface area contributed by atoms with E-state index >= 15 is 0 Å². The van der Waals surface area contributed by atoms with Crippen LogP contribution in [-0.4, -0.2) is 14.9 Å². The minimum atomic E-state index is -1.04. The molecule has 0 aliphatic heterocycles. The van der Waals surface area contributed by atoms with E-state index in [1.165, 1.54) is 73.7 Å². The summed E-state index contributed by atoms with van der Waals surface area (Å²) in [6, 6.07) is 33.4.